The zero-order valence-corrected chi connectivity index (χ0v) is 7.88. The first-order valence-corrected chi connectivity index (χ1v) is 6.87. The smallest absolute Gasteiger partial charge is 0.0277 e. The van der Waals surface area contributed by atoms with Gasteiger partial charge in [0, 0.05) is 0 Å². The third kappa shape index (κ3) is 3.99. The average Bonchev–Trinajstić information content (AvgIpc) is 1.88. The fraction of sp³-hybridized carbons (Fsp3) is 0.250. The van der Waals surface area contributed by atoms with Crippen molar-refractivity contribution in [2.24, 2.45) is 0 Å². The zero-order valence-electron chi connectivity index (χ0n) is 5.88. The second-order valence-corrected chi connectivity index (χ2v) is 5.84. The van der Waals surface area contributed by atoms with Gasteiger partial charge in [-0.25, -0.2) is 0 Å². The highest BCUT2D eigenvalue weighted by atomic mass is 32.0. The van der Waals surface area contributed by atoms with E-state index in [9.17, 15) is 0 Å². The summed E-state index contributed by atoms with van der Waals surface area (Å²) in [7, 11) is 2.70. The lowest BCUT2D eigenvalue weighted by Crippen LogP contribution is -1.80. The van der Waals surface area contributed by atoms with Crippen LogP contribution in [0, 0.1) is 0 Å². The van der Waals surface area contributed by atoms with Crippen LogP contribution in [0.2, 0.25) is 0 Å². The van der Waals surface area contributed by atoms with Crippen LogP contribution >= 0.6 is 16.5 Å². The summed E-state index contributed by atoms with van der Waals surface area (Å²) in [6.45, 7) is 0. The van der Waals surface area contributed by atoms with Crippen molar-refractivity contribution in [2.75, 3.05) is 12.3 Å². The molecule has 1 aromatic carbocycles. The summed E-state index contributed by atoms with van der Waals surface area (Å²) in [6.07, 6.45) is 3.08. The van der Waals surface area contributed by atoms with Crippen LogP contribution in [0.15, 0.2) is 36.4 Å². The molecule has 0 spiro atoms. The molecule has 0 nitrogen and oxygen atoms in total. The van der Waals surface area contributed by atoms with E-state index in [4.69, 9.17) is 0 Å². The lowest BCUT2D eigenvalue weighted by Gasteiger charge is -2.06. The minimum Gasteiger partial charge on any atom is -0.0989 e. The van der Waals surface area contributed by atoms with E-state index in [1.165, 1.54) is 16.5 Å². The molecule has 1 saturated heterocycles. The largest absolute Gasteiger partial charge is 0.0989 e. The van der Waals surface area contributed by atoms with Crippen molar-refractivity contribution < 1.29 is 0 Å². The number of benzene rings is 1. The summed E-state index contributed by atoms with van der Waals surface area (Å²) in [5, 5.41) is 0. The Morgan fingerprint density at radius 3 is 0.900 bits per heavy atom. The normalized spacial score (nSPS) is 19.2. The van der Waals surface area contributed by atoms with Gasteiger partial charge in [0.1, 0.15) is 0 Å². The predicted octanol–water partition coefficient (Wildman–Crippen LogP) is 2.96. The second kappa shape index (κ2) is 5.83. The molecule has 2 unspecified atom stereocenters. The van der Waals surface area contributed by atoms with Gasteiger partial charge in [0.2, 0.25) is 0 Å². The highest BCUT2D eigenvalue weighted by Crippen LogP contribution is 2.46. The molecule has 0 saturated carbocycles. The Kier molecular flexibility index (Phi) is 4.77. The first-order chi connectivity index (χ1) is 5.00. The van der Waals surface area contributed by atoms with Gasteiger partial charge in [-0.3, -0.25) is 0 Å². The highest BCUT2D eigenvalue weighted by Gasteiger charge is 1.94. The third-order valence-corrected chi connectivity index (χ3v) is 5.17. The van der Waals surface area contributed by atoms with Crippen molar-refractivity contribution in [1.82, 2.24) is 0 Å². The van der Waals surface area contributed by atoms with Crippen LogP contribution in [0.3, 0.4) is 0 Å². The SMILES string of the molecule is C1CPP1.c1ccccc1. The van der Waals surface area contributed by atoms with E-state index in [-0.39, 0.29) is 0 Å². The molecule has 1 aliphatic heterocycles. The maximum Gasteiger partial charge on any atom is -0.0277 e. The van der Waals surface area contributed by atoms with Gasteiger partial charge in [-0.1, -0.05) is 52.9 Å². The highest BCUT2D eigenvalue weighted by molar-refractivity contribution is 8.15. The predicted molar refractivity (Wildman–Crippen MR) is 52.8 cm³/mol. The van der Waals surface area contributed by atoms with Crippen molar-refractivity contribution in [3.8, 4) is 0 Å². The Morgan fingerprint density at radius 2 is 0.800 bits per heavy atom. The standard InChI is InChI=1S/C6H6.C2H6P2/c1-2-4-6-5-3-1;1-2-4-3-1/h1-6H;3-4H,1-2H2. The van der Waals surface area contributed by atoms with Crippen LogP contribution in [-0.2, 0) is 0 Å². The molecule has 1 heterocycles. The van der Waals surface area contributed by atoms with Crippen LogP contribution in [0.25, 0.3) is 0 Å². The molecule has 2 rings (SSSR count). The minimum absolute atomic E-state index is 1.35. The number of hydrogen-bond acceptors (Lipinski definition) is 0. The van der Waals surface area contributed by atoms with Gasteiger partial charge < -0.3 is 0 Å². The molecule has 1 aliphatic rings. The summed E-state index contributed by atoms with van der Waals surface area (Å²) in [5.41, 5.74) is 0. The van der Waals surface area contributed by atoms with E-state index in [1.54, 1.807) is 12.3 Å². The molecule has 1 aromatic rings. The van der Waals surface area contributed by atoms with Gasteiger partial charge in [0.05, 0.1) is 0 Å². The first kappa shape index (κ1) is 8.18. The van der Waals surface area contributed by atoms with Gasteiger partial charge in [0.15, 0.2) is 0 Å². The molecule has 1 fully saturated rings. The third-order valence-electron chi connectivity index (χ3n) is 1.17. The Bertz CT molecular complexity index is 116. The van der Waals surface area contributed by atoms with Gasteiger partial charge >= 0.3 is 0 Å². The molecular formula is C8H12P2. The molecule has 0 N–H and O–H groups in total. The summed E-state index contributed by atoms with van der Waals surface area (Å²) < 4.78 is 0. The monoisotopic (exact) mass is 170 g/mol. The first-order valence-electron chi connectivity index (χ1n) is 3.46. The van der Waals surface area contributed by atoms with E-state index in [1.807, 2.05) is 36.4 Å². The lowest BCUT2D eigenvalue weighted by atomic mass is 10.4. The van der Waals surface area contributed by atoms with E-state index in [0.717, 1.165) is 0 Å². The number of rotatable bonds is 0. The van der Waals surface area contributed by atoms with Gasteiger partial charge in [-0.05, 0) is 12.3 Å². The summed E-state index contributed by atoms with van der Waals surface area (Å²) >= 11 is 0. The van der Waals surface area contributed by atoms with Crippen molar-refractivity contribution in [3.63, 3.8) is 0 Å². The fourth-order valence-electron chi connectivity index (χ4n) is 0.510. The van der Waals surface area contributed by atoms with E-state index in [0.29, 0.717) is 0 Å². The minimum atomic E-state index is 1.35. The Hall–Kier alpha value is 0.0800. The lowest BCUT2D eigenvalue weighted by molar-refractivity contribution is 1.53. The maximum absolute atomic E-state index is 2.00. The van der Waals surface area contributed by atoms with Crippen molar-refractivity contribution in [3.05, 3.63) is 36.4 Å². The Balaban J connectivity index is 0.000000108. The Labute approximate surface area is 65.9 Å². The van der Waals surface area contributed by atoms with Gasteiger partial charge in [0.25, 0.3) is 0 Å². The van der Waals surface area contributed by atoms with Crippen molar-refractivity contribution >= 4 is 16.5 Å². The van der Waals surface area contributed by atoms with Crippen molar-refractivity contribution in [2.45, 2.75) is 0 Å². The maximum atomic E-state index is 2.00. The zero-order chi connectivity index (χ0) is 7.07. The molecule has 0 aliphatic carbocycles. The van der Waals surface area contributed by atoms with Crippen LogP contribution in [0.5, 0.6) is 0 Å². The summed E-state index contributed by atoms with van der Waals surface area (Å²) in [4.78, 5) is 0. The Morgan fingerprint density at radius 1 is 0.600 bits per heavy atom. The van der Waals surface area contributed by atoms with E-state index in [2.05, 4.69) is 0 Å². The molecule has 2 heteroatoms. The van der Waals surface area contributed by atoms with Crippen LogP contribution in [0.1, 0.15) is 0 Å². The van der Waals surface area contributed by atoms with Gasteiger partial charge in [-0.2, -0.15) is 0 Å². The van der Waals surface area contributed by atoms with Crippen LogP contribution in [-0.4, -0.2) is 12.3 Å². The topological polar surface area (TPSA) is 0 Å². The van der Waals surface area contributed by atoms with Crippen molar-refractivity contribution in [1.29, 1.82) is 0 Å². The van der Waals surface area contributed by atoms with Crippen LogP contribution in [0.4, 0.5) is 0 Å². The molecule has 2 atom stereocenters. The van der Waals surface area contributed by atoms with Crippen LogP contribution < -0.4 is 0 Å². The number of hydrogen-bond donors (Lipinski definition) is 0. The molecule has 54 valence electrons. The molecule has 0 aromatic heterocycles. The van der Waals surface area contributed by atoms with E-state index < -0.39 is 0 Å². The molecular weight excluding hydrogens is 158 g/mol. The quantitative estimate of drug-likeness (QED) is 0.525. The summed E-state index contributed by atoms with van der Waals surface area (Å²) in [5.74, 6) is 0. The molecule has 0 radical (unpaired) electrons. The van der Waals surface area contributed by atoms with E-state index >= 15 is 0 Å². The van der Waals surface area contributed by atoms with Gasteiger partial charge in [-0.15, -0.1) is 0 Å². The average molecular weight is 170 g/mol. The second-order valence-electron chi connectivity index (χ2n) is 2.01. The molecule has 0 amide bonds. The molecule has 0 bridgehead atoms. The summed E-state index contributed by atoms with van der Waals surface area (Å²) in [6, 6.07) is 12.0. The fourth-order valence-corrected chi connectivity index (χ4v) is 1.51. The molecule has 10 heavy (non-hydrogen) atoms.